The molecule has 1 heterocycles. The van der Waals surface area contributed by atoms with Gasteiger partial charge >= 0.3 is 5.69 Å². The number of carbonyl (C=O) groups is 1. The Kier molecular flexibility index (Phi) is 5.64. The molecule has 1 aromatic heterocycles. The molecule has 0 saturated carbocycles. The fraction of sp³-hybridized carbons (Fsp3) is 0.400. The van der Waals surface area contributed by atoms with Crippen LogP contribution in [0.15, 0.2) is 21.7 Å². The minimum Gasteiger partial charge on any atom is -0.347 e. The third-order valence-corrected chi connectivity index (χ3v) is 3.01. The molecule has 0 atom stereocenters. The van der Waals surface area contributed by atoms with Crippen molar-refractivity contribution in [2.45, 2.75) is 25.8 Å². The van der Waals surface area contributed by atoms with Gasteiger partial charge in [0.15, 0.2) is 0 Å². The van der Waals surface area contributed by atoms with Gasteiger partial charge in [-0.25, -0.2) is 5.84 Å². The van der Waals surface area contributed by atoms with Gasteiger partial charge < -0.3 is 4.57 Å². The maximum atomic E-state index is 11.5. The van der Waals surface area contributed by atoms with E-state index in [1.54, 1.807) is 4.57 Å². The molecule has 0 spiro atoms. The predicted molar refractivity (Wildman–Crippen MR) is 71.2 cm³/mol. The van der Waals surface area contributed by atoms with Crippen LogP contribution >= 0.6 is 15.9 Å². The first kappa shape index (κ1) is 15.3. The van der Waals surface area contributed by atoms with Crippen LogP contribution < -0.4 is 16.7 Å². The summed E-state index contributed by atoms with van der Waals surface area (Å²) in [6.07, 6.45) is 4.20. The van der Waals surface area contributed by atoms with Crippen LogP contribution in [-0.4, -0.2) is 15.4 Å². The summed E-state index contributed by atoms with van der Waals surface area (Å²) in [7, 11) is 0. The smallest absolute Gasteiger partial charge is 0.333 e. The monoisotopic (exact) mass is 332 g/mol. The van der Waals surface area contributed by atoms with Gasteiger partial charge in [-0.3, -0.25) is 25.1 Å². The summed E-state index contributed by atoms with van der Waals surface area (Å²) in [4.78, 5) is 32.3. The van der Waals surface area contributed by atoms with Gasteiger partial charge in [-0.1, -0.05) is 0 Å². The Morgan fingerprint density at radius 2 is 2.16 bits per heavy atom. The predicted octanol–water partition coefficient (Wildman–Crippen LogP) is 0.679. The van der Waals surface area contributed by atoms with Crippen LogP contribution in [0.4, 0.5) is 5.69 Å². The molecule has 0 saturated heterocycles. The molecule has 1 aromatic rings. The van der Waals surface area contributed by atoms with Crippen LogP contribution in [0.2, 0.25) is 0 Å². The van der Waals surface area contributed by atoms with Crippen LogP contribution in [0, 0.1) is 10.1 Å². The second-order valence-electron chi connectivity index (χ2n) is 3.84. The first-order chi connectivity index (χ1) is 8.95. The average molecular weight is 333 g/mol. The largest absolute Gasteiger partial charge is 0.347 e. The van der Waals surface area contributed by atoms with Crippen LogP contribution in [0.3, 0.4) is 0 Å². The lowest BCUT2D eigenvalue weighted by Gasteiger charge is -2.06. The van der Waals surface area contributed by atoms with E-state index in [-0.39, 0.29) is 10.4 Å². The van der Waals surface area contributed by atoms with Gasteiger partial charge in [0.2, 0.25) is 5.91 Å². The molecule has 9 heteroatoms. The maximum absolute atomic E-state index is 11.5. The van der Waals surface area contributed by atoms with Crippen LogP contribution in [0.5, 0.6) is 0 Å². The molecule has 0 aliphatic rings. The number of hydrogen-bond donors (Lipinski definition) is 2. The summed E-state index contributed by atoms with van der Waals surface area (Å²) in [6, 6.07) is 0. The zero-order chi connectivity index (χ0) is 14.4. The average Bonchev–Trinajstić information content (AvgIpc) is 2.37. The van der Waals surface area contributed by atoms with Gasteiger partial charge in [-0.05, 0) is 28.8 Å². The molecule has 104 valence electrons. The Bertz CT molecular complexity index is 543. The second kappa shape index (κ2) is 7.00. The molecule has 0 fully saturated rings. The van der Waals surface area contributed by atoms with Crippen molar-refractivity contribution >= 4 is 27.5 Å². The third-order valence-electron chi connectivity index (χ3n) is 2.44. The van der Waals surface area contributed by atoms with Crippen LogP contribution in [0.1, 0.15) is 19.3 Å². The van der Waals surface area contributed by atoms with Crippen LogP contribution in [0.25, 0.3) is 0 Å². The SMILES string of the molecule is NNC(=O)CCCCn1cc(Br)c(=O)c([N+](=O)[O-])c1. The maximum Gasteiger partial charge on any atom is 0.333 e. The molecule has 0 unspecified atom stereocenters. The molecular formula is C10H13BrN4O4. The highest BCUT2D eigenvalue weighted by atomic mass is 79.9. The number of pyridine rings is 1. The van der Waals surface area contributed by atoms with E-state index >= 15 is 0 Å². The Morgan fingerprint density at radius 1 is 1.47 bits per heavy atom. The van der Waals surface area contributed by atoms with E-state index in [1.165, 1.54) is 12.4 Å². The molecule has 1 amide bonds. The van der Waals surface area contributed by atoms with Gasteiger partial charge in [0.25, 0.3) is 5.43 Å². The van der Waals surface area contributed by atoms with E-state index in [2.05, 4.69) is 15.9 Å². The number of nitro groups is 1. The van der Waals surface area contributed by atoms with E-state index < -0.39 is 16.0 Å². The van der Waals surface area contributed by atoms with Crippen molar-refractivity contribution in [3.8, 4) is 0 Å². The standard InChI is InChI=1S/C10H13BrN4O4/c11-7-5-14(4-2-1-3-9(16)13-12)6-8(10(7)17)15(18)19/h5-6H,1-4,12H2,(H,13,16). The Hall–Kier alpha value is -1.74. The number of halogens is 1. The molecular weight excluding hydrogens is 320 g/mol. The van der Waals surface area contributed by atoms with E-state index in [4.69, 9.17) is 5.84 Å². The number of carbonyl (C=O) groups excluding carboxylic acids is 1. The number of aromatic nitrogens is 1. The van der Waals surface area contributed by atoms with Crippen molar-refractivity contribution in [1.82, 2.24) is 9.99 Å². The van der Waals surface area contributed by atoms with Gasteiger partial charge in [-0.2, -0.15) is 0 Å². The van der Waals surface area contributed by atoms with Gasteiger partial charge in [0.1, 0.15) is 0 Å². The van der Waals surface area contributed by atoms with Crippen molar-refractivity contribution in [2.75, 3.05) is 0 Å². The summed E-state index contributed by atoms with van der Waals surface area (Å²) in [5.74, 6) is 4.68. The topological polar surface area (TPSA) is 120 Å². The lowest BCUT2D eigenvalue weighted by atomic mass is 10.2. The van der Waals surface area contributed by atoms with E-state index in [9.17, 15) is 19.7 Å². The first-order valence-corrected chi connectivity index (χ1v) is 6.28. The molecule has 8 nitrogen and oxygen atoms in total. The lowest BCUT2D eigenvalue weighted by Crippen LogP contribution is -2.29. The molecule has 3 N–H and O–H groups in total. The zero-order valence-corrected chi connectivity index (χ0v) is 11.6. The highest BCUT2D eigenvalue weighted by molar-refractivity contribution is 9.10. The van der Waals surface area contributed by atoms with Crippen molar-refractivity contribution in [3.63, 3.8) is 0 Å². The van der Waals surface area contributed by atoms with E-state index in [0.29, 0.717) is 25.8 Å². The summed E-state index contributed by atoms with van der Waals surface area (Å²) in [6.45, 7) is 0.470. The third kappa shape index (κ3) is 4.45. The quantitative estimate of drug-likeness (QED) is 0.261. The number of hydrogen-bond acceptors (Lipinski definition) is 5. The minimum atomic E-state index is -0.717. The number of nitrogens with two attached hydrogens (primary N) is 1. The number of unbranched alkanes of at least 4 members (excludes halogenated alkanes) is 1. The number of rotatable bonds is 6. The van der Waals surface area contributed by atoms with Crippen molar-refractivity contribution < 1.29 is 9.72 Å². The lowest BCUT2D eigenvalue weighted by molar-refractivity contribution is -0.386. The number of aryl methyl sites for hydroxylation is 1. The summed E-state index contributed by atoms with van der Waals surface area (Å²) >= 11 is 2.99. The van der Waals surface area contributed by atoms with Crippen molar-refractivity contribution in [1.29, 1.82) is 0 Å². The zero-order valence-electron chi connectivity index (χ0n) is 9.97. The second-order valence-corrected chi connectivity index (χ2v) is 4.69. The normalized spacial score (nSPS) is 10.2. The minimum absolute atomic E-state index is 0.140. The van der Waals surface area contributed by atoms with Gasteiger partial charge in [0.05, 0.1) is 15.6 Å². The van der Waals surface area contributed by atoms with E-state index in [0.717, 1.165) is 0 Å². The molecule has 0 radical (unpaired) electrons. The fourth-order valence-electron chi connectivity index (χ4n) is 1.49. The summed E-state index contributed by atoms with van der Waals surface area (Å²) in [5, 5.41) is 10.7. The molecule has 0 bridgehead atoms. The van der Waals surface area contributed by atoms with Gasteiger partial charge in [0, 0.05) is 19.2 Å². The molecule has 0 aliphatic carbocycles. The Labute approximate surface area is 116 Å². The number of amides is 1. The number of nitrogens with zero attached hydrogens (tertiary/aromatic N) is 2. The van der Waals surface area contributed by atoms with Gasteiger partial charge in [-0.15, -0.1) is 0 Å². The fourth-order valence-corrected chi connectivity index (χ4v) is 1.96. The molecule has 0 aliphatic heterocycles. The first-order valence-electron chi connectivity index (χ1n) is 5.49. The Balaban J connectivity index is 2.67. The number of hydrazine groups is 1. The highest BCUT2D eigenvalue weighted by Gasteiger charge is 2.15. The van der Waals surface area contributed by atoms with Crippen LogP contribution in [-0.2, 0) is 11.3 Å². The Morgan fingerprint density at radius 3 is 2.74 bits per heavy atom. The van der Waals surface area contributed by atoms with E-state index in [1.807, 2.05) is 5.43 Å². The molecule has 1 rings (SSSR count). The molecule has 0 aromatic carbocycles. The van der Waals surface area contributed by atoms with Crippen molar-refractivity contribution in [2.24, 2.45) is 5.84 Å². The molecule has 19 heavy (non-hydrogen) atoms. The summed E-state index contributed by atoms with van der Waals surface area (Å²) in [5.41, 5.74) is 0.893. The highest BCUT2D eigenvalue weighted by Crippen LogP contribution is 2.11. The number of nitrogens with one attached hydrogen (secondary N) is 1. The van der Waals surface area contributed by atoms with Crippen molar-refractivity contribution in [3.05, 3.63) is 37.2 Å². The summed E-state index contributed by atoms with van der Waals surface area (Å²) < 4.78 is 1.69.